The van der Waals surface area contributed by atoms with Crippen LogP contribution in [0.25, 0.3) is 0 Å². The van der Waals surface area contributed by atoms with Gasteiger partial charge in [0, 0.05) is 10.4 Å². The molecular weight excluding hydrogens is 344 g/mol. The van der Waals surface area contributed by atoms with Gasteiger partial charge in [0.1, 0.15) is 5.00 Å². The maximum Gasteiger partial charge on any atom is 0.256 e. The van der Waals surface area contributed by atoms with E-state index in [4.69, 9.17) is 5.73 Å². The Morgan fingerprint density at radius 3 is 2.42 bits per heavy atom. The van der Waals surface area contributed by atoms with E-state index in [-0.39, 0.29) is 11.3 Å². The van der Waals surface area contributed by atoms with Crippen LogP contribution < -0.4 is 11.1 Å². The third-order valence-corrected chi connectivity index (χ3v) is 6.45. The van der Waals surface area contributed by atoms with E-state index in [1.807, 2.05) is 19.1 Å². The summed E-state index contributed by atoms with van der Waals surface area (Å²) in [5, 5.41) is 3.50. The maximum absolute atomic E-state index is 12.6. The molecule has 1 aromatic heterocycles. The topological polar surface area (TPSA) is 72.2 Å². The van der Waals surface area contributed by atoms with Gasteiger partial charge in [-0.15, -0.1) is 11.3 Å². The summed E-state index contributed by atoms with van der Waals surface area (Å²) in [5.74, 6) is -0.107. The van der Waals surface area contributed by atoms with E-state index in [1.54, 1.807) is 12.1 Å². The van der Waals surface area contributed by atoms with Gasteiger partial charge in [-0.1, -0.05) is 38.5 Å². The number of primary amides is 1. The molecule has 0 saturated carbocycles. The molecule has 3 N–H and O–H groups in total. The first-order valence-corrected chi connectivity index (χ1v) is 9.81. The molecule has 0 bridgehead atoms. The van der Waals surface area contributed by atoms with Crippen molar-refractivity contribution in [2.24, 2.45) is 17.1 Å². The van der Waals surface area contributed by atoms with E-state index in [2.05, 4.69) is 26.1 Å². The summed E-state index contributed by atoms with van der Waals surface area (Å²) in [6.45, 7) is 8.74. The van der Waals surface area contributed by atoms with Crippen molar-refractivity contribution >= 4 is 28.2 Å². The molecule has 0 spiro atoms. The normalized spacial score (nSPS) is 16.8. The van der Waals surface area contributed by atoms with Gasteiger partial charge in [0.15, 0.2) is 0 Å². The number of hydrogen-bond acceptors (Lipinski definition) is 3. The lowest BCUT2D eigenvalue weighted by molar-refractivity contribution is 0.1000. The zero-order valence-electron chi connectivity index (χ0n) is 15.8. The molecule has 1 atom stereocenters. The van der Waals surface area contributed by atoms with Crippen LogP contribution in [0.4, 0.5) is 5.00 Å². The number of fused-ring (bicyclic) bond motifs is 1. The number of rotatable bonds is 3. The van der Waals surface area contributed by atoms with Crippen LogP contribution >= 0.6 is 11.3 Å². The highest BCUT2D eigenvalue weighted by Crippen LogP contribution is 2.44. The van der Waals surface area contributed by atoms with Crippen molar-refractivity contribution in [2.75, 3.05) is 5.32 Å². The summed E-state index contributed by atoms with van der Waals surface area (Å²) in [5.41, 5.74) is 9.07. The number of thiophene rings is 1. The standard InChI is InChI=1S/C21H26N2O2S/c1-12-5-7-13(8-6-12)19(25)23-20-17(18(22)24)15-10-9-14(21(2,3)4)11-16(15)26-20/h5-8,14H,9-11H2,1-4H3,(H2,22,24)(H,23,25)/t14-/m1/s1. The lowest BCUT2D eigenvalue weighted by atomic mass is 9.72. The van der Waals surface area contributed by atoms with Gasteiger partial charge in [-0.25, -0.2) is 0 Å². The van der Waals surface area contributed by atoms with Gasteiger partial charge in [-0.05, 0) is 55.2 Å². The van der Waals surface area contributed by atoms with Gasteiger partial charge in [0.05, 0.1) is 5.56 Å². The number of hydrogen-bond donors (Lipinski definition) is 2. The number of benzene rings is 1. The molecule has 1 aliphatic rings. The Morgan fingerprint density at radius 2 is 1.85 bits per heavy atom. The Labute approximate surface area is 158 Å². The molecule has 2 aromatic rings. The van der Waals surface area contributed by atoms with E-state index < -0.39 is 5.91 Å². The zero-order valence-corrected chi connectivity index (χ0v) is 16.6. The molecule has 1 heterocycles. The van der Waals surface area contributed by atoms with Gasteiger partial charge in [0.2, 0.25) is 0 Å². The van der Waals surface area contributed by atoms with Crippen LogP contribution in [0, 0.1) is 18.3 Å². The maximum atomic E-state index is 12.6. The summed E-state index contributed by atoms with van der Waals surface area (Å²) >= 11 is 1.50. The fraction of sp³-hybridized carbons (Fsp3) is 0.429. The van der Waals surface area contributed by atoms with Crippen molar-refractivity contribution in [1.82, 2.24) is 0 Å². The molecule has 0 unspecified atom stereocenters. The molecule has 1 aromatic carbocycles. The minimum atomic E-state index is -0.462. The van der Waals surface area contributed by atoms with Gasteiger partial charge in [-0.2, -0.15) is 0 Å². The molecule has 5 heteroatoms. The molecule has 0 fully saturated rings. The fourth-order valence-corrected chi connectivity index (χ4v) is 4.88. The summed E-state index contributed by atoms with van der Waals surface area (Å²) in [7, 11) is 0. The first-order chi connectivity index (χ1) is 12.2. The zero-order chi connectivity index (χ0) is 19.1. The minimum Gasteiger partial charge on any atom is -0.365 e. The van der Waals surface area contributed by atoms with Crippen molar-refractivity contribution in [3.63, 3.8) is 0 Å². The van der Waals surface area contributed by atoms with Crippen LogP contribution in [0.5, 0.6) is 0 Å². The number of nitrogens with one attached hydrogen (secondary N) is 1. The first kappa shape index (κ1) is 18.6. The predicted octanol–water partition coefficient (Wildman–Crippen LogP) is 4.56. The van der Waals surface area contributed by atoms with Crippen LogP contribution in [-0.4, -0.2) is 11.8 Å². The second kappa shape index (κ2) is 6.88. The first-order valence-electron chi connectivity index (χ1n) is 8.99. The van der Waals surface area contributed by atoms with Crippen LogP contribution in [0.1, 0.15) is 63.9 Å². The van der Waals surface area contributed by atoms with Crippen LogP contribution in [0.15, 0.2) is 24.3 Å². The third-order valence-electron chi connectivity index (χ3n) is 5.28. The second-order valence-electron chi connectivity index (χ2n) is 8.20. The summed E-state index contributed by atoms with van der Waals surface area (Å²) < 4.78 is 0. The Morgan fingerprint density at radius 1 is 1.19 bits per heavy atom. The second-order valence-corrected chi connectivity index (χ2v) is 9.30. The average molecular weight is 371 g/mol. The van der Waals surface area contributed by atoms with Crippen molar-refractivity contribution in [3.8, 4) is 0 Å². The van der Waals surface area contributed by atoms with Crippen LogP contribution in [0.2, 0.25) is 0 Å². The van der Waals surface area contributed by atoms with E-state index in [0.717, 1.165) is 30.4 Å². The van der Waals surface area contributed by atoms with Crippen molar-refractivity contribution < 1.29 is 9.59 Å². The van der Waals surface area contributed by atoms with E-state index in [9.17, 15) is 9.59 Å². The quantitative estimate of drug-likeness (QED) is 0.831. The summed E-state index contributed by atoms with van der Waals surface area (Å²) in [6.07, 6.45) is 2.81. The van der Waals surface area contributed by atoms with Gasteiger partial charge in [0.25, 0.3) is 11.8 Å². The molecule has 0 aliphatic heterocycles. The lowest BCUT2D eigenvalue weighted by Crippen LogP contribution is -2.27. The number of amides is 2. The summed E-state index contributed by atoms with van der Waals surface area (Å²) in [4.78, 5) is 25.8. The van der Waals surface area contributed by atoms with E-state index in [1.165, 1.54) is 16.2 Å². The molecule has 1 aliphatic carbocycles. The highest BCUT2D eigenvalue weighted by atomic mass is 32.1. The van der Waals surface area contributed by atoms with E-state index >= 15 is 0 Å². The number of aryl methyl sites for hydroxylation is 1. The number of carbonyl (C=O) groups is 2. The lowest BCUT2D eigenvalue weighted by Gasteiger charge is -2.33. The Bertz CT molecular complexity index is 844. The summed E-state index contributed by atoms with van der Waals surface area (Å²) in [6, 6.07) is 7.38. The smallest absolute Gasteiger partial charge is 0.256 e. The Hall–Kier alpha value is -2.14. The Kier molecular flexibility index (Phi) is 4.93. The fourth-order valence-electron chi connectivity index (χ4n) is 3.55. The average Bonchev–Trinajstić information content (AvgIpc) is 2.91. The van der Waals surface area contributed by atoms with Crippen LogP contribution in [-0.2, 0) is 12.8 Å². The van der Waals surface area contributed by atoms with Gasteiger partial charge >= 0.3 is 0 Å². The molecular formula is C21H26N2O2S. The third kappa shape index (κ3) is 3.68. The molecule has 26 heavy (non-hydrogen) atoms. The molecule has 2 amide bonds. The van der Waals surface area contributed by atoms with Gasteiger partial charge < -0.3 is 11.1 Å². The molecule has 0 saturated heterocycles. The van der Waals surface area contributed by atoms with Crippen LogP contribution in [0.3, 0.4) is 0 Å². The van der Waals surface area contributed by atoms with E-state index in [0.29, 0.717) is 22.0 Å². The minimum absolute atomic E-state index is 0.210. The van der Waals surface area contributed by atoms with Gasteiger partial charge in [-0.3, -0.25) is 9.59 Å². The largest absolute Gasteiger partial charge is 0.365 e. The molecule has 138 valence electrons. The van der Waals surface area contributed by atoms with Crippen molar-refractivity contribution in [2.45, 2.75) is 47.0 Å². The number of anilines is 1. The monoisotopic (exact) mass is 370 g/mol. The highest BCUT2D eigenvalue weighted by molar-refractivity contribution is 7.17. The molecule has 4 nitrogen and oxygen atoms in total. The molecule has 3 rings (SSSR count). The van der Waals surface area contributed by atoms with Crippen molar-refractivity contribution in [1.29, 1.82) is 0 Å². The predicted molar refractivity (Wildman–Crippen MR) is 107 cm³/mol. The molecule has 0 radical (unpaired) electrons. The highest BCUT2D eigenvalue weighted by Gasteiger charge is 2.33. The van der Waals surface area contributed by atoms with Crippen molar-refractivity contribution in [3.05, 3.63) is 51.4 Å². The Balaban J connectivity index is 1.91. The SMILES string of the molecule is Cc1ccc(C(=O)Nc2sc3c(c2C(N)=O)CC[C@@H](C(C)(C)C)C3)cc1. The number of carbonyl (C=O) groups excluding carboxylic acids is 2. The number of nitrogens with two attached hydrogens (primary N) is 1.